The smallest absolute Gasteiger partial charge is 0.168 e. The van der Waals surface area contributed by atoms with Crippen LogP contribution in [0, 0.1) is 13.8 Å². The molecule has 0 saturated carbocycles. The number of aromatic nitrogens is 2. The van der Waals surface area contributed by atoms with Crippen LogP contribution in [0.5, 0.6) is 0 Å². The highest BCUT2D eigenvalue weighted by Crippen LogP contribution is 2.21. The monoisotopic (exact) mass is 329 g/mol. The summed E-state index contributed by atoms with van der Waals surface area (Å²) in [5.41, 5.74) is 11.0. The minimum Gasteiger partial charge on any atom is -0.398 e. The van der Waals surface area contributed by atoms with Crippen LogP contribution < -0.4 is 5.73 Å². The molecule has 0 aliphatic rings. The fourth-order valence-corrected chi connectivity index (χ4v) is 2.63. The normalized spacial score (nSPS) is 10.3. The number of pyridine rings is 2. The number of benzene rings is 2. The summed E-state index contributed by atoms with van der Waals surface area (Å²) in [5.74, 6) is 0. The van der Waals surface area contributed by atoms with Gasteiger partial charge in [0.1, 0.15) is 5.69 Å². The minimum absolute atomic E-state index is 0.436. The number of fused-ring (bicyclic) bond motifs is 3. The summed E-state index contributed by atoms with van der Waals surface area (Å²) in [6.45, 7) is 4.03. The highest BCUT2D eigenvalue weighted by atomic mass is 16.1. The number of nitrogen functional groups attached to an aromatic ring is 1. The third-order valence-electron chi connectivity index (χ3n) is 4.12. The predicted octanol–water partition coefficient (Wildman–Crippen LogP) is 4.48. The van der Waals surface area contributed by atoms with Crippen LogP contribution in [0.4, 0.5) is 5.69 Å². The van der Waals surface area contributed by atoms with Gasteiger partial charge < -0.3 is 5.73 Å². The highest BCUT2D eigenvalue weighted by molar-refractivity contribution is 6.03. The van der Waals surface area contributed by atoms with E-state index in [0.717, 1.165) is 44.9 Å². The average Bonchev–Trinajstić information content (AvgIpc) is 2.66. The van der Waals surface area contributed by atoms with E-state index in [1.54, 1.807) is 12.3 Å². The number of carbonyl (C=O) groups is 1. The summed E-state index contributed by atoms with van der Waals surface area (Å²) in [6.07, 6.45) is 2.48. The summed E-state index contributed by atoms with van der Waals surface area (Å²) < 4.78 is 0. The van der Waals surface area contributed by atoms with Gasteiger partial charge in [0.2, 0.25) is 0 Å². The molecular weight excluding hydrogens is 310 g/mol. The van der Waals surface area contributed by atoms with Gasteiger partial charge in [-0.25, -0.2) is 4.98 Å². The summed E-state index contributed by atoms with van der Waals surface area (Å²) in [7, 11) is 0. The number of hydrogen-bond acceptors (Lipinski definition) is 4. The van der Waals surface area contributed by atoms with E-state index in [1.165, 1.54) is 0 Å². The third kappa shape index (κ3) is 3.48. The lowest BCUT2D eigenvalue weighted by Crippen LogP contribution is -1.91. The quantitative estimate of drug-likeness (QED) is 0.317. The molecule has 0 aliphatic heterocycles. The van der Waals surface area contributed by atoms with E-state index >= 15 is 0 Å². The van der Waals surface area contributed by atoms with Crippen LogP contribution in [0.1, 0.15) is 21.6 Å². The van der Waals surface area contributed by atoms with Crippen LogP contribution in [0.25, 0.3) is 21.8 Å². The standard InChI is InChI=1S/C13H8N2O.C8H11N/c16-8-11-6-5-10-4-3-9-2-1-7-14-12(9)13(10)15-11;1-6-4-3-5-7(2)8(6)9/h1-8H;3-5H,9H2,1-2H3. The zero-order valence-corrected chi connectivity index (χ0v) is 14.2. The first-order valence-corrected chi connectivity index (χ1v) is 8.01. The van der Waals surface area contributed by atoms with E-state index in [0.29, 0.717) is 5.69 Å². The molecule has 25 heavy (non-hydrogen) atoms. The number of rotatable bonds is 1. The van der Waals surface area contributed by atoms with Gasteiger partial charge in [-0.2, -0.15) is 0 Å². The van der Waals surface area contributed by atoms with E-state index in [4.69, 9.17) is 5.73 Å². The molecule has 0 spiro atoms. The molecule has 124 valence electrons. The van der Waals surface area contributed by atoms with E-state index in [9.17, 15) is 4.79 Å². The summed E-state index contributed by atoms with van der Waals surface area (Å²) in [4.78, 5) is 19.3. The molecule has 0 amide bonds. The Balaban J connectivity index is 0.000000173. The highest BCUT2D eigenvalue weighted by Gasteiger charge is 2.03. The number of hydrogen-bond donors (Lipinski definition) is 1. The molecule has 2 N–H and O–H groups in total. The van der Waals surface area contributed by atoms with E-state index in [1.807, 2.05) is 62.4 Å². The molecule has 2 aromatic carbocycles. The molecule has 4 rings (SSSR count). The molecule has 0 atom stereocenters. The molecular formula is C21H19N3O. The van der Waals surface area contributed by atoms with Crippen molar-refractivity contribution in [2.24, 2.45) is 0 Å². The van der Waals surface area contributed by atoms with E-state index in [2.05, 4.69) is 9.97 Å². The Morgan fingerprint density at radius 3 is 2.12 bits per heavy atom. The Hall–Kier alpha value is -3.27. The van der Waals surface area contributed by atoms with Gasteiger partial charge in [0.05, 0.1) is 11.0 Å². The molecule has 4 nitrogen and oxygen atoms in total. The molecule has 2 aromatic heterocycles. The molecule has 0 bridgehead atoms. The van der Waals surface area contributed by atoms with Gasteiger partial charge in [-0.15, -0.1) is 0 Å². The maximum Gasteiger partial charge on any atom is 0.168 e. The van der Waals surface area contributed by atoms with Crippen molar-refractivity contribution < 1.29 is 4.79 Å². The first kappa shape index (κ1) is 16.6. The van der Waals surface area contributed by atoms with Crippen molar-refractivity contribution in [3.8, 4) is 0 Å². The summed E-state index contributed by atoms with van der Waals surface area (Å²) >= 11 is 0. The van der Waals surface area contributed by atoms with Gasteiger partial charge in [-0.3, -0.25) is 9.78 Å². The Morgan fingerprint density at radius 1 is 0.840 bits per heavy atom. The largest absolute Gasteiger partial charge is 0.398 e. The van der Waals surface area contributed by atoms with E-state index in [-0.39, 0.29) is 0 Å². The van der Waals surface area contributed by atoms with Crippen LogP contribution in [0.2, 0.25) is 0 Å². The van der Waals surface area contributed by atoms with Gasteiger partial charge in [0.25, 0.3) is 0 Å². The van der Waals surface area contributed by atoms with Crippen LogP contribution in [0.15, 0.2) is 60.8 Å². The van der Waals surface area contributed by atoms with Crippen molar-refractivity contribution in [2.45, 2.75) is 13.8 Å². The summed E-state index contributed by atoms with van der Waals surface area (Å²) in [6, 6.07) is 17.5. The Bertz CT molecular complexity index is 1040. The Labute approximate surface area is 146 Å². The maximum atomic E-state index is 10.7. The third-order valence-corrected chi connectivity index (χ3v) is 4.12. The zero-order chi connectivity index (χ0) is 17.8. The number of carbonyl (C=O) groups excluding carboxylic acids is 1. The number of nitrogens with two attached hydrogens (primary N) is 1. The van der Waals surface area contributed by atoms with Crippen molar-refractivity contribution >= 4 is 33.8 Å². The number of para-hydroxylation sites is 1. The van der Waals surface area contributed by atoms with Crippen molar-refractivity contribution in [2.75, 3.05) is 5.73 Å². The Morgan fingerprint density at radius 2 is 1.48 bits per heavy atom. The van der Waals surface area contributed by atoms with Crippen molar-refractivity contribution in [3.63, 3.8) is 0 Å². The molecule has 0 radical (unpaired) electrons. The molecule has 0 fully saturated rings. The van der Waals surface area contributed by atoms with Gasteiger partial charge >= 0.3 is 0 Å². The van der Waals surface area contributed by atoms with Gasteiger partial charge in [0, 0.05) is 22.7 Å². The zero-order valence-electron chi connectivity index (χ0n) is 14.2. The van der Waals surface area contributed by atoms with E-state index < -0.39 is 0 Å². The number of aryl methyl sites for hydroxylation is 2. The van der Waals surface area contributed by atoms with Gasteiger partial charge in [0.15, 0.2) is 6.29 Å². The molecule has 4 aromatic rings. The first-order chi connectivity index (χ1) is 12.1. The lowest BCUT2D eigenvalue weighted by molar-refractivity contribution is 0.111. The average molecular weight is 329 g/mol. The molecule has 2 heterocycles. The number of nitrogens with zero attached hydrogens (tertiary/aromatic N) is 2. The van der Waals surface area contributed by atoms with Crippen LogP contribution in [-0.4, -0.2) is 16.3 Å². The maximum absolute atomic E-state index is 10.7. The lowest BCUT2D eigenvalue weighted by Gasteiger charge is -2.02. The van der Waals surface area contributed by atoms with Gasteiger partial charge in [-0.05, 0) is 37.1 Å². The number of anilines is 1. The lowest BCUT2D eigenvalue weighted by atomic mass is 10.1. The molecule has 4 heteroatoms. The predicted molar refractivity (Wildman–Crippen MR) is 103 cm³/mol. The second-order valence-electron chi connectivity index (χ2n) is 5.87. The van der Waals surface area contributed by atoms with Crippen LogP contribution in [-0.2, 0) is 0 Å². The van der Waals surface area contributed by atoms with Gasteiger partial charge in [-0.1, -0.05) is 42.5 Å². The second-order valence-corrected chi connectivity index (χ2v) is 5.87. The number of aldehydes is 1. The van der Waals surface area contributed by atoms with Crippen molar-refractivity contribution in [1.29, 1.82) is 0 Å². The molecule has 0 unspecified atom stereocenters. The SMILES string of the molecule is Cc1cccc(C)c1N.O=Cc1ccc2ccc3cccnc3c2n1. The fourth-order valence-electron chi connectivity index (χ4n) is 2.63. The molecule has 0 aliphatic carbocycles. The minimum atomic E-state index is 0.436. The Kier molecular flexibility index (Phi) is 4.70. The topological polar surface area (TPSA) is 68.9 Å². The summed E-state index contributed by atoms with van der Waals surface area (Å²) in [5, 5.41) is 2.03. The first-order valence-electron chi connectivity index (χ1n) is 8.01. The van der Waals surface area contributed by atoms with Crippen LogP contribution in [0.3, 0.4) is 0 Å². The fraction of sp³-hybridized carbons (Fsp3) is 0.0952. The van der Waals surface area contributed by atoms with Crippen molar-refractivity contribution in [3.05, 3.63) is 77.6 Å². The second kappa shape index (κ2) is 7.09. The van der Waals surface area contributed by atoms with Crippen LogP contribution >= 0.6 is 0 Å². The van der Waals surface area contributed by atoms with Crippen molar-refractivity contribution in [1.82, 2.24) is 9.97 Å². The molecule has 0 saturated heterocycles.